The van der Waals surface area contributed by atoms with Crippen LogP contribution in [0.4, 0.5) is 5.69 Å². The van der Waals surface area contributed by atoms with Crippen molar-refractivity contribution in [3.8, 4) is 0 Å². The maximum absolute atomic E-state index is 5.62. The molecule has 1 aromatic carbocycles. The number of rotatable bonds is 2. The van der Waals surface area contributed by atoms with Crippen LogP contribution in [0.25, 0.3) is 0 Å². The molecule has 0 spiro atoms. The van der Waals surface area contributed by atoms with Gasteiger partial charge in [0.2, 0.25) is 0 Å². The first kappa shape index (κ1) is 12.3. The van der Waals surface area contributed by atoms with Crippen LogP contribution in [0.3, 0.4) is 0 Å². The number of halogens is 3. The Balaban J connectivity index is 2.77. The second-order valence-electron chi connectivity index (χ2n) is 2.92. The molecule has 14 heavy (non-hydrogen) atoms. The van der Waals surface area contributed by atoms with Crippen molar-refractivity contribution in [1.29, 1.82) is 0 Å². The Morgan fingerprint density at radius 2 is 1.64 bits per heavy atom. The topological polar surface area (TPSA) is 12.0 Å². The van der Waals surface area contributed by atoms with Crippen molar-refractivity contribution in [3.63, 3.8) is 0 Å². The van der Waals surface area contributed by atoms with Gasteiger partial charge in [-0.25, -0.2) is 0 Å². The van der Waals surface area contributed by atoms with Crippen LogP contribution in [0.15, 0.2) is 18.2 Å². The molecule has 0 fully saturated rings. The van der Waals surface area contributed by atoms with Crippen LogP contribution in [-0.2, 0) is 0 Å². The van der Waals surface area contributed by atoms with E-state index in [1.165, 1.54) is 0 Å². The van der Waals surface area contributed by atoms with E-state index in [4.69, 9.17) is 34.8 Å². The van der Waals surface area contributed by atoms with Gasteiger partial charge in [-0.2, -0.15) is 0 Å². The van der Waals surface area contributed by atoms with Crippen LogP contribution >= 0.6 is 46.8 Å². The zero-order chi connectivity index (χ0) is 10.8. The van der Waals surface area contributed by atoms with E-state index in [1.807, 2.05) is 32.0 Å². The average Bonchev–Trinajstić information content (AvgIpc) is 2.01. The Morgan fingerprint density at radius 1 is 1.14 bits per heavy atom. The van der Waals surface area contributed by atoms with Gasteiger partial charge in [-0.15, -0.1) is 0 Å². The van der Waals surface area contributed by atoms with Gasteiger partial charge in [0.1, 0.15) is 0 Å². The highest BCUT2D eigenvalue weighted by Crippen LogP contribution is 2.39. The van der Waals surface area contributed by atoms with E-state index in [1.54, 1.807) is 0 Å². The van der Waals surface area contributed by atoms with Gasteiger partial charge >= 0.3 is 0 Å². The highest BCUT2D eigenvalue weighted by atomic mass is 35.6. The minimum atomic E-state index is -1.34. The molecule has 78 valence electrons. The highest BCUT2D eigenvalue weighted by Gasteiger charge is 2.21. The Kier molecular flexibility index (Phi) is 4.26. The summed E-state index contributed by atoms with van der Waals surface area (Å²) >= 11 is 17.9. The van der Waals surface area contributed by atoms with Gasteiger partial charge in [-0.05, 0) is 25.0 Å². The summed E-state index contributed by atoms with van der Waals surface area (Å²) in [6, 6.07) is 6.01. The fourth-order valence-corrected chi connectivity index (χ4v) is 1.97. The van der Waals surface area contributed by atoms with E-state index in [9.17, 15) is 0 Å². The molecule has 1 nitrogen and oxygen atoms in total. The number of anilines is 1. The van der Waals surface area contributed by atoms with E-state index in [0.29, 0.717) is 0 Å². The Labute approximate surface area is 103 Å². The molecule has 0 heterocycles. The van der Waals surface area contributed by atoms with Gasteiger partial charge in [0.15, 0.2) is 0 Å². The van der Waals surface area contributed by atoms with Crippen molar-refractivity contribution < 1.29 is 0 Å². The SMILES string of the molecule is Cc1cccc(C)c1NSC(Cl)(Cl)Cl. The molecule has 1 aromatic rings. The number of nitrogens with one attached hydrogen (secondary N) is 1. The van der Waals surface area contributed by atoms with E-state index in [-0.39, 0.29) is 0 Å². The molecule has 0 aromatic heterocycles. The van der Waals surface area contributed by atoms with E-state index in [2.05, 4.69) is 4.72 Å². The lowest BCUT2D eigenvalue weighted by Crippen LogP contribution is -2.02. The molecule has 0 aliphatic carbocycles. The number of aryl methyl sites for hydroxylation is 2. The number of para-hydroxylation sites is 1. The van der Waals surface area contributed by atoms with Crippen LogP contribution in [-0.4, -0.2) is 3.12 Å². The lowest BCUT2D eigenvalue weighted by Gasteiger charge is -2.15. The summed E-state index contributed by atoms with van der Waals surface area (Å²) < 4.78 is 1.70. The standard InChI is InChI=1S/C9H10Cl3NS/c1-6-4-3-5-7(2)8(6)13-14-9(10,11)12/h3-5,13H,1-2H3. The first-order valence-electron chi connectivity index (χ1n) is 3.97. The summed E-state index contributed by atoms with van der Waals surface area (Å²) in [5.74, 6) is 0. The third-order valence-electron chi connectivity index (χ3n) is 1.75. The summed E-state index contributed by atoms with van der Waals surface area (Å²) in [5.41, 5.74) is 3.27. The predicted molar refractivity (Wildman–Crippen MR) is 67.4 cm³/mol. The quantitative estimate of drug-likeness (QED) is 0.618. The van der Waals surface area contributed by atoms with Crippen molar-refractivity contribution >= 4 is 52.4 Å². The highest BCUT2D eigenvalue weighted by molar-refractivity contribution is 8.05. The summed E-state index contributed by atoms with van der Waals surface area (Å²) in [5, 5.41) is 0. The third kappa shape index (κ3) is 3.77. The molecule has 0 atom stereocenters. The lowest BCUT2D eigenvalue weighted by molar-refractivity contribution is 1.39. The molecule has 0 saturated carbocycles. The Morgan fingerprint density at radius 3 is 2.07 bits per heavy atom. The van der Waals surface area contributed by atoms with Gasteiger partial charge in [-0.1, -0.05) is 53.0 Å². The first-order chi connectivity index (χ1) is 6.40. The molecule has 1 N–H and O–H groups in total. The molecular formula is C9H10Cl3NS. The van der Waals surface area contributed by atoms with Crippen molar-refractivity contribution in [3.05, 3.63) is 29.3 Å². The molecule has 0 aliphatic rings. The summed E-state index contributed by atoms with van der Waals surface area (Å²) in [6.07, 6.45) is 0. The molecular weight excluding hydrogens is 261 g/mol. The van der Waals surface area contributed by atoms with E-state index in [0.717, 1.165) is 28.8 Å². The maximum atomic E-state index is 5.62. The minimum Gasteiger partial charge on any atom is -0.326 e. The largest absolute Gasteiger partial charge is 0.326 e. The summed E-state index contributed by atoms with van der Waals surface area (Å²) in [4.78, 5) is 0. The van der Waals surface area contributed by atoms with Gasteiger partial charge in [0.25, 0.3) is 3.12 Å². The molecule has 0 aliphatic heterocycles. The van der Waals surface area contributed by atoms with Crippen LogP contribution in [0, 0.1) is 13.8 Å². The van der Waals surface area contributed by atoms with Crippen molar-refractivity contribution in [2.75, 3.05) is 4.72 Å². The number of hydrogen-bond donors (Lipinski definition) is 1. The minimum absolute atomic E-state index is 1.00. The van der Waals surface area contributed by atoms with Crippen molar-refractivity contribution in [2.45, 2.75) is 17.0 Å². The zero-order valence-corrected chi connectivity index (χ0v) is 10.9. The third-order valence-corrected chi connectivity index (χ3v) is 2.98. The Bertz CT molecular complexity index is 302. The van der Waals surface area contributed by atoms with Crippen LogP contribution in [0.1, 0.15) is 11.1 Å². The van der Waals surface area contributed by atoms with Crippen LogP contribution < -0.4 is 4.72 Å². The molecule has 0 radical (unpaired) electrons. The number of alkyl halides is 3. The number of hydrogen-bond acceptors (Lipinski definition) is 2. The van der Waals surface area contributed by atoms with Gasteiger partial charge in [0.05, 0.1) is 0 Å². The predicted octanol–water partition coefficient (Wildman–Crippen LogP) is 4.69. The second-order valence-corrected chi connectivity index (χ2v) is 6.89. The fourth-order valence-electron chi connectivity index (χ4n) is 1.08. The second kappa shape index (κ2) is 4.84. The normalized spacial score (nSPS) is 11.5. The number of benzene rings is 1. The van der Waals surface area contributed by atoms with E-state index >= 15 is 0 Å². The monoisotopic (exact) mass is 269 g/mol. The molecule has 1 rings (SSSR count). The van der Waals surface area contributed by atoms with Crippen LogP contribution in [0.5, 0.6) is 0 Å². The first-order valence-corrected chi connectivity index (χ1v) is 5.92. The summed E-state index contributed by atoms with van der Waals surface area (Å²) in [7, 11) is 0. The molecule has 0 saturated heterocycles. The molecule has 0 unspecified atom stereocenters. The smallest absolute Gasteiger partial charge is 0.256 e. The molecule has 0 amide bonds. The zero-order valence-electron chi connectivity index (χ0n) is 7.77. The lowest BCUT2D eigenvalue weighted by atomic mass is 10.1. The summed E-state index contributed by atoms with van der Waals surface area (Å²) in [6.45, 7) is 4.02. The maximum Gasteiger partial charge on any atom is 0.256 e. The fraction of sp³-hybridized carbons (Fsp3) is 0.333. The van der Waals surface area contributed by atoms with Crippen LogP contribution in [0.2, 0.25) is 0 Å². The van der Waals surface area contributed by atoms with Crippen molar-refractivity contribution in [1.82, 2.24) is 0 Å². The Hall–Kier alpha value is 0.240. The molecule has 0 bridgehead atoms. The molecule has 5 heteroatoms. The van der Waals surface area contributed by atoms with Gasteiger partial charge < -0.3 is 4.72 Å². The van der Waals surface area contributed by atoms with Gasteiger partial charge in [0, 0.05) is 17.6 Å². The average molecular weight is 271 g/mol. The van der Waals surface area contributed by atoms with E-state index < -0.39 is 3.12 Å². The van der Waals surface area contributed by atoms with Gasteiger partial charge in [-0.3, -0.25) is 0 Å². The van der Waals surface area contributed by atoms with Crippen molar-refractivity contribution in [2.24, 2.45) is 0 Å².